The number of ether oxygens (including phenoxy) is 1. The van der Waals surface area contributed by atoms with E-state index >= 15 is 0 Å². The van der Waals surface area contributed by atoms with E-state index in [9.17, 15) is 24.1 Å². The Labute approximate surface area is 132 Å². The zero-order valence-electron chi connectivity index (χ0n) is 13.4. The van der Waals surface area contributed by atoms with Crippen molar-refractivity contribution in [1.82, 2.24) is 0 Å². The van der Waals surface area contributed by atoms with Gasteiger partial charge in [0.1, 0.15) is 20.1 Å². The van der Waals surface area contributed by atoms with E-state index in [1.807, 2.05) is 0 Å². The Morgan fingerprint density at radius 1 is 1.36 bits per heavy atom. The summed E-state index contributed by atoms with van der Waals surface area (Å²) in [5, 5.41) is 17.7. The Hall–Kier alpha value is 0.0249. The van der Waals surface area contributed by atoms with Gasteiger partial charge in [-0.3, -0.25) is 9.09 Å². The van der Waals surface area contributed by atoms with E-state index in [1.165, 1.54) is 13.8 Å². The third-order valence-electron chi connectivity index (χ3n) is 4.22. The Balaban J connectivity index is 2.96. The Morgan fingerprint density at radius 2 is 1.86 bits per heavy atom. The second kappa shape index (κ2) is 6.87. The predicted molar refractivity (Wildman–Crippen MR) is 80.5 cm³/mol. The van der Waals surface area contributed by atoms with Crippen molar-refractivity contribution >= 4 is 15.4 Å². The number of hydrogen-bond acceptors (Lipinski definition) is 5. The van der Waals surface area contributed by atoms with Crippen LogP contribution in [0, 0.1) is 0 Å². The van der Waals surface area contributed by atoms with Crippen LogP contribution in [0.2, 0.25) is 0 Å². The minimum absolute atomic E-state index is 0.00405. The van der Waals surface area contributed by atoms with Crippen molar-refractivity contribution in [1.29, 1.82) is 0 Å². The Bertz CT molecular complexity index is 425. The molecular formula is C13H25BFO6P. The molecule has 2 radical (unpaired) electrons. The van der Waals surface area contributed by atoms with Crippen LogP contribution >= 0.6 is 7.60 Å². The van der Waals surface area contributed by atoms with Crippen molar-refractivity contribution in [2.24, 2.45) is 0 Å². The lowest BCUT2D eigenvalue weighted by Gasteiger charge is -2.38. The molecule has 1 unspecified atom stereocenters. The second-order valence-corrected chi connectivity index (χ2v) is 8.59. The first-order chi connectivity index (χ1) is 9.89. The molecule has 128 valence electrons. The van der Waals surface area contributed by atoms with Crippen LogP contribution in [0.1, 0.15) is 47.0 Å². The summed E-state index contributed by atoms with van der Waals surface area (Å²) in [5.41, 5.74) is -1.14. The highest BCUT2D eigenvalue weighted by molar-refractivity contribution is 7.54. The topological polar surface area (TPSA) is 96.2 Å². The molecule has 9 heteroatoms. The molecule has 0 aromatic rings. The highest BCUT2D eigenvalue weighted by atomic mass is 31.2. The van der Waals surface area contributed by atoms with Gasteiger partial charge in [0.2, 0.25) is 0 Å². The maximum Gasteiger partial charge on any atom is 0.359 e. The number of halogens is 1. The molecule has 0 saturated carbocycles. The van der Waals surface area contributed by atoms with Crippen LogP contribution in [-0.4, -0.2) is 58.3 Å². The highest BCUT2D eigenvalue weighted by Gasteiger charge is 2.49. The van der Waals surface area contributed by atoms with Crippen LogP contribution in [0.25, 0.3) is 0 Å². The molecule has 0 aromatic carbocycles. The number of aliphatic hydroxyl groups is 2. The van der Waals surface area contributed by atoms with Gasteiger partial charge in [-0.05, 0) is 26.7 Å². The van der Waals surface area contributed by atoms with E-state index in [4.69, 9.17) is 17.1 Å². The molecule has 1 saturated heterocycles. The number of aliphatic hydroxyl groups excluding tert-OH is 1. The summed E-state index contributed by atoms with van der Waals surface area (Å²) in [5.74, 6) is 0. The molecule has 0 aromatic heterocycles. The maximum absolute atomic E-state index is 13.6. The molecule has 0 amide bonds. The fraction of sp³-hybridized carbons (Fsp3) is 1.00. The molecule has 1 rings (SSSR count). The van der Waals surface area contributed by atoms with Gasteiger partial charge in [-0.2, -0.15) is 0 Å². The van der Waals surface area contributed by atoms with Gasteiger partial charge >= 0.3 is 7.60 Å². The third kappa shape index (κ3) is 4.10. The molecule has 5 atom stereocenters. The monoisotopic (exact) mass is 338 g/mol. The number of rotatable bonds is 7. The lowest BCUT2D eigenvalue weighted by Crippen LogP contribution is -2.40. The first-order valence-corrected chi connectivity index (χ1v) is 8.96. The first-order valence-electron chi connectivity index (χ1n) is 7.38. The first kappa shape index (κ1) is 20.1. The predicted octanol–water partition coefficient (Wildman–Crippen LogP) is 1.46. The van der Waals surface area contributed by atoms with E-state index in [1.54, 1.807) is 13.8 Å². The molecule has 1 heterocycles. The molecule has 3 N–H and O–H groups in total. The lowest BCUT2D eigenvalue weighted by atomic mass is 9.88. The molecule has 6 nitrogen and oxygen atoms in total. The molecular weight excluding hydrogens is 313 g/mol. The van der Waals surface area contributed by atoms with Crippen LogP contribution in [-0.2, 0) is 13.8 Å². The molecule has 1 aliphatic heterocycles. The Kier molecular flexibility index (Phi) is 6.27. The van der Waals surface area contributed by atoms with Crippen molar-refractivity contribution in [3.8, 4) is 0 Å². The van der Waals surface area contributed by atoms with E-state index in [2.05, 4.69) is 0 Å². The molecule has 1 aliphatic rings. The highest BCUT2D eigenvalue weighted by Crippen LogP contribution is 2.58. The Morgan fingerprint density at radius 3 is 2.18 bits per heavy atom. The molecule has 22 heavy (non-hydrogen) atoms. The average Bonchev–Trinajstić information content (AvgIpc) is 2.64. The minimum Gasteiger partial charge on any atom is -0.387 e. The van der Waals surface area contributed by atoms with Crippen LogP contribution < -0.4 is 0 Å². The quantitative estimate of drug-likeness (QED) is 0.480. The molecule has 1 fully saturated rings. The van der Waals surface area contributed by atoms with Gasteiger partial charge in [-0.1, -0.05) is 13.8 Å². The van der Waals surface area contributed by atoms with E-state index in [0.29, 0.717) is 12.8 Å². The van der Waals surface area contributed by atoms with Crippen LogP contribution in [0.4, 0.5) is 4.39 Å². The van der Waals surface area contributed by atoms with Crippen LogP contribution in [0.5, 0.6) is 0 Å². The zero-order valence-corrected chi connectivity index (χ0v) is 14.3. The fourth-order valence-corrected chi connectivity index (χ4v) is 3.45. The summed E-state index contributed by atoms with van der Waals surface area (Å²) in [6.07, 6.45) is -3.43. The lowest BCUT2D eigenvalue weighted by molar-refractivity contribution is -0.0519. The standard InChI is InChI=1S/C13H25BFO6P/c1-5-13(6-2,21-22(18,19)12(3,4)17)7-8-10(16)9(15)11(14)20-8/h8-11,16-17H,5-7H2,1-4H3,(H,18,19)/t8-,9-,10-,11-/m1/s1. The van der Waals surface area contributed by atoms with Crippen molar-refractivity contribution in [2.45, 2.75) is 82.3 Å². The van der Waals surface area contributed by atoms with Gasteiger partial charge in [0.05, 0.1) is 17.7 Å². The number of alkyl halides is 1. The molecule has 0 spiro atoms. The summed E-state index contributed by atoms with van der Waals surface area (Å²) in [4.78, 5) is 9.97. The van der Waals surface area contributed by atoms with E-state index < -0.39 is 42.9 Å². The maximum atomic E-state index is 13.6. The van der Waals surface area contributed by atoms with Gasteiger partial charge in [0, 0.05) is 6.42 Å². The van der Waals surface area contributed by atoms with Gasteiger partial charge in [0.25, 0.3) is 0 Å². The molecule has 0 aliphatic carbocycles. The van der Waals surface area contributed by atoms with Gasteiger partial charge in [0.15, 0.2) is 5.34 Å². The second-order valence-electron chi connectivity index (χ2n) is 6.27. The fourth-order valence-electron chi connectivity index (χ4n) is 2.37. The summed E-state index contributed by atoms with van der Waals surface area (Å²) < 4.78 is 36.4. The average molecular weight is 338 g/mol. The summed E-state index contributed by atoms with van der Waals surface area (Å²) >= 11 is 0. The summed E-state index contributed by atoms with van der Waals surface area (Å²) in [6.45, 7) is 5.83. The normalized spacial score (nSPS) is 32.9. The van der Waals surface area contributed by atoms with Gasteiger partial charge in [-0.15, -0.1) is 0 Å². The van der Waals surface area contributed by atoms with Crippen LogP contribution in [0.3, 0.4) is 0 Å². The SMILES string of the molecule is [B][C@@H]1O[C@H](CC(CC)(CC)OP(=O)(O)C(C)(C)O)[C@@H](O)[C@H]1F. The smallest absolute Gasteiger partial charge is 0.359 e. The summed E-state index contributed by atoms with van der Waals surface area (Å²) in [6, 6.07) is -1.23. The largest absolute Gasteiger partial charge is 0.387 e. The van der Waals surface area contributed by atoms with E-state index in [0.717, 1.165) is 0 Å². The van der Waals surface area contributed by atoms with Gasteiger partial charge in [-0.25, -0.2) is 4.39 Å². The summed E-state index contributed by atoms with van der Waals surface area (Å²) in [7, 11) is 1.07. The number of hydrogen-bond donors (Lipinski definition) is 3. The van der Waals surface area contributed by atoms with Crippen molar-refractivity contribution in [2.75, 3.05) is 0 Å². The van der Waals surface area contributed by atoms with E-state index in [-0.39, 0.29) is 6.42 Å². The zero-order chi connectivity index (χ0) is 17.3. The van der Waals surface area contributed by atoms with Gasteiger partial charge < -0.3 is 19.8 Å². The molecule has 0 bridgehead atoms. The van der Waals surface area contributed by atoms with Crippen LogP contribution in [0.15, 0.2) is 0 Å². The van der Waals surface area contributed by atoms with Crippen molar-refractivity contribution < 1.29 is 33.3 Å². The third-order valence-corrected chi connectivity index (χ3v) is 6.24. The van der Waals surface area contributed by atoms with Crippen molar-refractivity contribution in [3.63, 3.8) is 0 Å². The minimum atomic E-state index is -4.34. The van der Waals surface area contributed by atoms with Crippen molar-refractivity contribution in [3.05, 3.63) is 0 Å².